The molecule has 0 bridgehead atoms. The molecule has 1 fully saturated rings. The molecule has 0 unspecified atom stereocenters. The quantitative estimate of drug-likeness (QED) is 0.638. The first-order valence-electron chi connectivity index (χ1n) is 5.87. The molecular weight excluding hydrogens is 374 g/mol. The van der Waals surface area contributed by atoms with Gasteiger partial charge in [-0.3, -0.25) is 14.5 Å². The standard InChI is InChI=1S/C14H10BrNO3S2/c15-10-6-2-1-4-9(10)5-3-7-11-13(19)16(8-12(17)18)14(20)21-11/h1-7H,8H2,(H,17,18). The third kappa shape index (κ3) is 4.03. The predicted octanol–water partition coefficient (Wildman–Crippen LogP) is 3.29. The number of aliphatic carboxylic acids is 1. The third-order valence-electron chi connectivity index (χ3n) is 2.60. The molecule has 1 aliphatic heterocycles. The van der Waals surface area contributed by atoms with Crippen molar-refractivity contribution in [2.75, 3.05) is 6.54 Å². The van der Waals surface area contributed by atoms with Gasteiger partial charge in [-0.25, -0.2) is 0 Å². The van der Waals surface area contributed by atoms with E-state index in [2.05, 4.69) is 15.9 Å². The average Bonchev–Trinajstić information content (AvgIpc) is 2.68. The van der Waals surface area contributed by atoms with E-state index in [1.54, 1.807) is 12.2 Å². The summed E-state index contributed by atoms with van der Waals surface area (Å²) in [5, 5.41) is 8.75. The molecule has 1 aromatic rings. The van der Waals surface area contributed by atoms with Crippen LogP contribution in [0.25, 0.3) is 6.08 Å². The van der Waals surface area contributed by atoms with Gasteiger partial charge in [0.05, 0.1) is 4.91 Å². The second-order valence-electron chi connectivity index (χ2n) is 4.06. The molecule has 7 heteroatoms. The number of hydrogen-bond donors (Lipinski definition) is 1. The van der Waals surface area contributed by atoms with Crippen molar-refractivity contribution in [3.05, 3.63) is 51.4 Å². The first-order valence-corrected chi connectivity index (χ1v) is 7.89. The van der Waals surface area contributed by atoms with Crippen LogP contribution in [0.3, 0.4) is 0 Å². The number of thioether (sulfide) groups is 1. The molecule has 1 heterocycles. The van der Waals surface area contributed by atoms with E-state index in [0.29, 0.717) is 4.91 Å². The van der Waals surface area contributed by atoms with Crippen LogP contribution < -0.4 is 0 Å². The van der Waals surface area contributed by atoms with Gasteiger partial charge in [0, 0.05) is 4.47 Å². The first-order chi connectivity index (χ1) is 9.99. The van der Waals surface area contributed by atoms with Crippen molar-refractivity contribution in [2.45, 2.75) is 0 Å². The van der Waals surface area contributed by atoms with Crippen LogP contribution >= 0.6 is 39.9 Å². The highest BCUT2D eigenvalue weighted by atomic mass is 79.9. The minimum atomic E-state index is -1.09. The fourth-order valence-corrected chi connectivity index (χ4v) is 3.26. The lowest BCUT2D eigenvalue weighted by molar-refractivity contribution is -0.140. The van der Waals surface area contributed by atoms with Gasteiger partial charge < -0.3 is 5.11 Å². The Balaban J connectivity index is 2.12. The molecule has 108 valence electrons. The molecular formula is C14H10BrNO3S2. The fraction of sp³-hybridized carbons (Fsp3) is 0.0714. The van der Waals surface area contributed by atoms with Gasteiger partial charge in [-0.05, 0) is 17.7 Å². The number of carboxylic acids is 1. The van der Waals surface area contributed by atoms with E-state index in [9.17, 15) is 9.59 Å². The summed E-state index contributed by atoms with van der Waals surface area (Å²) >= 11 is 9.55. The number of nitrogens with zero attached hydrogens (tertiary/aromatic N) is 1. The van der Waals surface area contributed by atoms with E-state index < -0.39 is 12.5 Å². The molecule has 21 heavy (non-hydrogen) atoms. The van der Waals surface area contributed by atoms with Crippen molar-refractivity contribution in [3.8, 4) is 0 Å². The summed E-state index contributed by atoms with van der Waals surface area (Å²) < 4.78 is 1.22. The molecule has 0 spiro atoms. The molecule has 0 aliphatic carbocycles. The van der Waals surface area contributed by atoms with Crippen molar-refractivity contribution in [2.24, 2.45) is 0 Å². The topological polar surface area (TPSA) is 57.6 Å². The van der Waals surface area contributed by atoms with E-state index in [1.807, 2.05) is 30.3 Å². The van der Waals surface area contributed by atoms with E-state index >= 15 is 0 Å². The van der Waals surface area contributed by atoms with Crippen LogP contribution in [0.2, 0.25) is 0 Å². The minimum absolute atomic E-state index is 0.267. The molecule has 0 saturated carbocycles. The number of benzene rings is 1. The summed E-state index contributed by atoms with van der Waals surface area (Å²) in [7, 11) is 0. The Morgan fingerprint density at radius 2 is 2.14 bits per heavy atom. The van der Waals surface area contributed by atoms with Crippen LogP contribution in [0.1, 0.15) is 5.56 Å². The fourth-order valence-electron chi connectivity index (χ4n) is 1.64. The number of carbonyl (C=O) groups is 2. The Morgan fingerprint density at radius 3 is 2.81 bits per heavy atom. The lowest BCUT2D eigenvalue weighted by atomic mass is 10.2. The molecule has 4 nitrogen and oxygen atoms in total. The summed E-state index contributed by atoms with van der Waals surface area (Å²) in [4.78, 5) is 24.2. The van der Waals surface area contributed by atoms with Crippen molar-refractivity contribution in [1.29, 1.82) is 0 Å². The monoisotopic (exact) mass is 383 g/mol. The van der Waals surface area contributed by atoms with Crippen molar-refractivity contribution >= 4 is 62.2 Å². The minimum Gasteiger partial charge on any atom is -0.480 e. The highest BCUT2D eigenvalue weighted by Crippen LogP contribution is 2.30. The lowest BCUT2D eigenvalue weighted by Crippen LogP contribution is -2.33. The number of allylic oxidation sites excluding steroid dienone is 2. The summed E-state index contributed by atoms with van der Waals surface area (Å²) in [6.07, 6.45) is 5.24. The van der Waals surface area contributed by atoms with Crippen LogP contribution in [0, 0.1) is 0 Å². The van der Waals surface area contributed by atoms with Gasteiger partial charge in [-0.15, -0.1) is 0 Å². The number of thiocarbonyl (C=S) groups is 1. The van der Waals surface area contributed by atoms with Crippen LogP contribution in [-0.2, 0) is 9.59 Å². The Labute approximate surface area is 139 Å². The summed E-state index contributed by atoms with van der Waals surface area (Å²) in [5.41, 5.74) is 0.981. The maximum atomic E-state index is 12.0. The molecule has 1 N–H and O–H groups in total. The van der Waals surface area contributed by atoms with Gasteiger partial charge in [-0.2, -0.15) is 0 Å². The smallest absolute Gasteiger partial charge is 0.323 e. The summed E-state index contributed by atoms with van der Waals surface area (Å²) in [5.74, 6) is -1.46. The van der Waals surface area contributed by atoms with Crippen LogP contribution in [0.15, 0.2) is 45.8 Å². The summed E-state index contributed by atoms with van der Waals surface area (Å²) in [6, 6.07) is 7.69. The maximum Gasteiger partial charge on any atom is 0.323 e. The number of carbonyl (C=O) groups excluding carboxylic acids is 1. The van der Waals surface area contributed by atoms with Crippen LogP contribution in [0.5, 0.6) is 0 Å². The van der Waals surface area contributed by atoms with Crippen molar-refractivity contribution in [1.82, 2.24) is 4.90 Å². The molecule has 1 saturated heterocycles. The molecule has 1 aromatic carbocycles. The number of hydrogen-bond acceptors (Lipinski definition) is 4. The van der Waals surface area contributed by atoms with Crippen LogP contribution in [0.4, 0.5) is 0 Å². The van der Waals surface area contributed by atoms with Gasteiger partial charge in [0.1, 0.15) is 10.9 Å². The summed E-state index contributed by atoms with van der Waals surface area (Å²) in [6.45, 7) is -0.407. The highest BCUT2D eigenvalue weighted by molar-refractivity contribution is 9.10. The SMILES string of the molecule is O=C(O)CN1C(=O)C(=CC=Cc2ccccc2Br)SC1=S. The molecule has 1 amide bonds. The zero-order chi connectivity index (χ0) is 15.4. The Kier molecular flexibility index (Phi) is 5.33. The Morgan fingerprint density at radius 1 is 1.43 bits per heavy atom. The number of carboxylic acid groups (broad SMARTS) is 1. The Bertz CT molecular complexity index is 670. The molecule has 1 aliphatic rings. The van der Waals surface area contributed by atoms with Crippen molar-refractivity contribution < 1.29 is 14.7 Å². The number of halogens is 1. The van der Waals surface area contributed by atoms with E-state index in [1.165, 1.54) is 0 Å². The van der Waals surface area contributed by atoms with Crippen LogP contribution in [-0.4, -0.2) is 32.7 Å². The van der Waals surface area contributed by atoms with E-state index in [0.717, 1.165) is 26.7 Å². The highest BCUT2D eigenvalue weighted by Gasteiger charge is 2.32. The number of amides is 1. The third-order valence-corrected chi connectivity index (χ3v) is 4.71. The number of rotatable bonds is 4. The molecule has 0 radical (unpaired) electrons. The lowest BCUT2D eigenvalue weighted by Gasteiger charge is -2.09. The second kappa shape index (κ2) is 7.02. The van der Waals surface area contributed by atoms with Gasteiger partial charge in [0.15, 0.2) is 0 Å². The van der Waals surface area contributed by atoms with Gasteiger partial charge in [-0.1, -0.05) is 70.3 Å². The van der Waals surface area contributed by atoms with E-state index in [4.69, 9.17) is 17.3 Å². The molecule has 2 rings (SSSR count). The largest absolute Gasteiger partial charge is 0.480 e. The average molecular weight is 384 g/mol. The zero-order valence-corrected chi connectivity index (χ0v) is 13.9. The molecule has 0 atom stereocenters. The van der Waals surface area contributed by atoms with Gasteiger partial charge in [0.2, 0.25) is 0 Å². The van der Waals surface area contributed by atoms with E-state index in [-0.39, 0.29) is 10.2 Å². The van der Waals surface area contributed by atoms with Crippen molar-refractivity contribution in [3.63, 3.8) is 0 Å². The second-order valence-corrected chi connectivity index (χ2v) is 6.59. The zero-order valence-electron chi connectivity index (χ0n) is 10.7. The maximum absolute atomic E-state index is 12.0. The Hall–Kier alpha value is -1.44. The van der Waals surface area contributed by atoms with Gasteiger partial charge >= 0.3 is 5.97 Å². The van der Waals surface area contributed by atoms with Gasteiger partial charge in [0.25, 0.3) is 5.91 Å². The normalized spacial score (nSPS) is 17.2. The first kappa shape index (κ1) is 15.9. The molecule has 0 aromatic heterocycles. The predicted molar refractivity (Wildman–Crippen MR) is 90.8 cm³/mol.